The molecule has 0 radical (unpaired) electrons. The average Bonchev–Trinajstić information content (AvgIpc) is 2.56. The molecule has 1 N–H and O–H groups in total. The van der Waals surface area contributed by atoms with E-state index in [2.05, 4.69) is 98.9 Å². The third kappa shape index (κ3) is 3.73. The van der Waals surface area contributed by atoms with Crippen molar-refractivity contribution in [3.8, 4) is 11.1 Å². The van der Waals surface area contributed by atoms with E-state index in [1.165, 1.54) is 22.4 Å². The van der Waals surface area contributed by atoms with Gasteiger partial charge in [0.05, 0.1) is 0 Å². The van der Waals surface area contributed by atoms with Crippen molar-refractivity contribution in [2.45, 2.75) is 33.2 Å². The smallest absolute Gasteiger partial charge is 0.0482 e. The highest BCUT2D eigenvalue weighted by molar-refractivity contribution is 5.78. The average molecular weight is 303 g/mol. The van der Waals surface area contributed by atoms with Gasteiger partial charge in [-0.3, -0.25) is 0 Å². The van der Waals surface area contributed by atoms with Gasteiger partial charge in [-0.1, -0.05) is 87.5 Å². The summed E-state index contributed by atoms with van der Waals surface area (Å²) in [5.74, 6) is 0. The maximum Gasteiger partial charge on any atom is 0.0482 e. The van der Waals surface area contributed by atoms with E-state index in [4.69, 9.17) is 0 Å². The SMILES string of the molecule is CC(C)(C)C1=CCC(Nc2ccccc2-c2ccccc2)C=C1. The molecule has 0 saturated carbocycles. The van der Waals surface area contributed by atoms with Gasteiger partial charge in [-0.25, -0.2) is 0 Å². The number of allylic oxidation sites excluding steroid dienone is 2. The predicted molar refractivity (Wildman–Crippen MR) is 101 cm³/mol. The van der Waals surface area contributed by atoms with E-state index in [0.29, 0.717) is 6.04 Å². The quantitative estimate of drug-likeness (QED) is 0.726. The minimum absolute atomic E-state index is 0.226. The fourth-order valence-corrected chi connectivity index (χ4v) is 2.96. The molecule has 2 aromatic carbocycles. The molecule has 1 heteroatoms. The van der Waals surface area contributed by atoms with Gasteiger partial charge < -0.3 is 5.32 Å². The standard InChI is InChI=1S/C22H25N/c1-22(2,3)18-13-15-19(16-14-18)23-21-12-8-7-11-20(21)17-9-5-4-6-10-17/h4-15,19,23H,16H2,1-3H3. The second-order valence-electron chi connectivity index (χ2n) is 7.17. The first-order valence-corrected chi connectivity index (χ1v) is 8.34. The molecule has 0 amide bonds. The molecule has 0 heterocycles. The lowest BCUT2D eigenvalue weighted by Gasteiger charge is -2.26. The van der Waals surface area contributed by atoms with Crippen LogP contribution in [0, 0.1) is 5.41 Å². The molecule has 0 spiro atoms. The summed E-state index contributed by atoms with van der Waals surface area (Å²) >= 11 is 0. The molecule has 23 heavy (non-hydrogen) atoms. The number of nitrogens with one attached hydrogen (secondary N) is 1. The summed E-state index contributed by atoms with van der Waals surface area (Å²) in [6, 6.07) is 19.5. The largest absolute Gasteiger partial charge is 0.378 e. The van der Waals surface area contributed by atoms with E-state index < -0.39 is 0 Å². The molecule has 0 aliphatic heterocycles. The van der Waals surface area contributed by atoms with Crippen LogP contribution in [0.4, 0.5) is 5.69 Å². The van der Waals surface area contributed by atoms with Gasteiger partial charge in [-0.2, -0.15) is 0 Å². The third-order valence-corrected chi connectivity index (χ3v) is 4.32. The summed E-state index contributed by atoms with van der Waals surface area (Å²) in [6.45, 7) is 6.80. The third-order valence-electron chi connectivity index (χ3n) is 4.32. The van der Waals surface area contributed by atoms with Crippen LogP contribution < -0.4 is 5.32 Å². The molecule has 2 aromatic rings. The zero-order valence-corrected chi connectivity index (χ0v) is 14.2. The fraction of sp³-hybridized carbons (Fsp3) is 0.273. The Bertz CT molecular complexity index is 717. The summed E-state index contributed by atoms with van der Waals surface area (Å²) in [5.41, 5.74) is 5.35. The molecule has 118 valence electrons. The summed E-state index contributed by atoms with van der Waals surface area (Å²) in [6.07, 6.45) is 7.96. The van der Waals surface area contributed by atoms with Crippen molar-refractivity contribution < 1.29 is 0 Å². The Morgan fingerprint density at radius 3 is 2.26 bits per heavy atom. The molecule has 0 aromatic heterocycles. The molecule has 3 rings (SSSR count). The van der Waals surface area contributed by atoms with Crippen LogP contribution in [-0.2, 0) is 0 Å². The Balaban J connectivity index is 1.78. The minimum Gasteiger partial charge on any atom is -0.378 e. The van der Waals surface area contributed by atoms with Crippen LogP contribution in [0.25, 0.3) is 11.1 Å². The Morgan fingerprint density at radius 2 is 1.61 bits per heavy atom. The highest BCUT2D eigenvalue weighted by Gasteiger charge is 2.18. The van der Waals surface area contributed by atoms with Gasteiger partial charge >= 0.3 is 0 Å². The van der Waals surface area contributed by atoms with Crippen LogP contribution in [-0.4, -0.2) is 6.04 Å². The summed E-state index contributed by atoms with van der Waals surface area (Å²) in [7, 11) is 0. The molecule has 0 bridgehead atoms. The molecular formula is C22H25N. The van der Waals surface area contributed by atoms with Gasteiger partial charge in [0.2, 0.25) is 0 Å². The second-order valence-corrected chi connectivity index (χ2v) is 7.17. The Morgan fingerprint density at radius 1 is 0.913 bits per heavy atom. The molecule has 1 unspecified atom stereocenters. The van der Waals surface area contributed by atoms with Crippen LogP contribution in [0.1, 0.15) is 27.2 Å². The van der Waals surface area contributed by atoms with Crippen molar-refractivity contribution in [1.29, 1.82) is 0 Å². The Labute approximate surface area is 139 Å². The first-order valence-electron chi connectivity index (χ1n) is 8.34. The van der Waals surface area contributed by atoms with Crippen molar-refractivity contribution in [3.05, 3.63) is 78.4 Å². The topological polar surface area (TPSA) is 12.0 Å². The normalized spacial score (nSPS) is 17.7. The van der Waals surface area contributed by atoms with Crippen molar-refractivity contribution in [1.82, 2.24) is 0 Å². The number of hydrogen-bond acceptors (Lipinski definition) is 1. The minimum atomic E-state index is 0.226. The monoisotopic (exact) mass is 303 g/mol. The molecule has 1 aliphatic rings. The molecule has 0 fully saturated rings. The van der Waals surface area contributed by atoms with E-state index in [9.17, 15) is 0 Å². The van der Waals surface area contributed by atoms with Crippen LogP contribution in [0.5, 0.6) is 0 Å². The lowest BCUT2D eigenvalue weighted by Crippen LogP contribution is -2.20. The van der Waals surface area contributed by atoms with Gasteiger partial charge in [0, 0.05) is 17.3 Å². The Hall–Kier alpha value is -2.28. The zero-order chi connectivity index (χ0) is 16.3. The number of anilines is 1. The molecule has 1 nitrogen and oxygen atoms in total. The van der Waals surface area contributed by atoms with E-state index in [-0.39, 0.29) is 5.41 Å². The Kier molecular flexibility index (Phi) is 4.38. The number of hydrogen-bond donors (Lipinski definition) is 1. The van der Waals surface area contributed by atoms with Gasteiger partial charge in [0.25, 0.3) is 0 Å². The van der Waals surface area contributed by atoms with Crippen LogP contribution >= 0.6 is 0 Å². The van der Waals surface area contributed by atoms with Crippen molar-refractivity contribution in [2.75, 3.05) is 5.32 Å². The maximum absolute atomic E-state index is 3.69. The fourth-order valence-electron chi connectivity index (χ4n) is 2.96. The lowest BCUT2D eigenvalue weighted by atomic mass is 9.83. The molecule has 1 atom stereocenters. The summed E-state index contributed by atoms with van der Waals surface area (Å²) < 4.78 is 0. The van der Waals surface area contributed by atoms with E-state index >= 15 is 0 Å². The lowest BCUT2D eigenvalue weighted by molar-refractivity contribution is 0.511. The molecular weight excluding hydrogens is 278 g/mol. The van der Waals surface area contributed by atoms with Gasteiger partial charge in [-0.05, 0) is 29.0 Å². The van der Waals surface area contributed by atoms with Gasteiger partial charge in [0.15, 0.2) is 0 Å². The highest BCUT2D eigenvalue weighted by Crippen LogP contribution is 2.32. The molecule has 0 saturated heterocycles. The van der Waals surface area contributed by atoms with Crippen LogP contribution in [0.15, 0.2) is 78.4 Å². The summed E-state index contributed by atoms with van der Waals surface area (Å²) in [5, 5.41) is 3.69. The van der Waals surface area contributed by atoms with Crippen LogP contribution in [0.3, 0.4) is 0 Å². The number of para-hydroxylation sites is 1. The zero-order valence-electron chi connectivity index (χ0n) is 14.2. The van der Waals surface area contributed by atoms with Gasteiger partial charge in [0.1, 0.15) is 0 Å². The second kappa shape index (κ2) is 6.45. The van der Waals surface area contributed by atoms with Crippen molar-refractivity contribution in [3.63, 3.8) is 0 Å². The van der Waals surface area contributed by atoms with Crippen molar-refractivity contribution in [2.24, 2.45) is 5.41 Å². The first-order chi connectivity index (χ1) is 11.0. The van der Waals surface area contributed by atoms with E-state index in [1.807, 2.05) is 0 Å². The highest BCUT2D eigenvalue weighted by atomic mass is 14.9. The first kappa shape index (κ1) is 15.6. The number of benzene rings is 2. The predicted octanol–water partition coefficient (Wildman–Crippen LogP) is 6.07. The van der Waals surface area contributed by atoms with E-state index in [1.54, 1.807) is 0 Å². The van der Waals surface area contributed by atoms with Crippen LogP contribution in [0.2, 0.25) is 0 Å². The summed E-state index contributed by atoms with van der Waals surface area (Å²) in [4.78, 5) is 0. The van der Waals surface area contributed by atoms with E-state index in [0.717, 1.165) is 6.42 Å². The maximum atomic E-state index is 3.69. The van der Waals surface area contributed by atoms with Gasteiger partial charge in [-0.15, -0.1) is 0 Å². The number of rotatable bonds is 3. The van der Waals surface area contributed by atoms with Crippen molar-refractivity contribution >= 4 is 5.69 Å². The molecule has 1 aliphatic carbocycles.